The van der Waals surface area contributed by atoms with Gasteiger partial charge in [0, 0.05) is 24.6 Å². The Morgan fingerprint density at radius 1 is 1.28 bits per heavy atom. The molecule has 8 nitrogen and oxygen atoms in total. The molecular weight excluding hydrogens is 536 g/mol. The fraction of sp³-hybridized carbons (Fsp3) is 0.200. The SMILES string of the molecule is CNC(=O)c1cc(C(C)SSN)cc(C)c1NC(=O)c1cc(Br)nn1-c1ncccc1Cl. The van der Waals surface area contributed by atoms with Crippen molar-refractivity contribution in [2.75, 3.05) is 12.4 Å². The number of nitrogens with one attached hydrogen (secondary N) is 2. The Morgan fingerprint density at radius 2 is 2.03 bits per heavy atom. The van der Waals surface area contributed by atoms with E-state index in [1.54, 1.807) is 37.5 Å². The average molecular weight is 556 g/mol. The molecule has 168 valence electrons. The Kier molecular flexibility index (Phi) is 8.23. The summed E-state index contributed by atoms with van der Waals surface area (Å²) in [4.78, 5) is 30.1. The van der Waals surface area contributed by atoms with E-state index in [0.717, 1.165) is 22.1 Å². The smallest absolute Gasteiger partial charge is 0.274 e. The maximum atomic E-state index is 13.3. The Balaban J connectivity index is 2.03. The third-order valence-electron chi connectivity index (χ3n) is 4.59. The highest BCUT2D eigenvalue weighted by Gasteiger charge is 2.23. The molecule has 0 aliphatic rings. The van der Waals surface area contributed by atoms with Crippen LogP contribution < -0.4 is 15.8 Å². The third kappa shape index (κ3) is 5.29. The number of anilines is 1. The van der Waals surface area contributed by atoms with Crippen LogP contribution in [-0.2, 0) is 0 Å². The van der Waals surface area contributed by atoms with Crippen LogP contribution in [0.4, 0.5) is 5.69 Å². The van der Waals surface area contributed by atoms with Gasteiger partial charge in [-0.1, -0.05) is 28.5 Å². The van der Waals surface area contributed by atoms with Crippen LogP contribution in [-0.4, -0.2) is 33.6 Å². The summed E-state index contributed by atoms with van der Waals surface area (Å²) in [6.45, 7) is 3.83. The summed E-state index contributed by atoms with van der Waals surface area (Å²) in [6.07, 6.45) is 1.56. The molecule has 3 aromatic rings. The summed E-state index contributed by atoms with van der Waals surface area (Å²) in [5.41, 5.74) is 2.63. The topological polar surface area (TPSA) is 115 Å². The first kappa shape index (κ1) is 24.6. The van der Waals surface area contributed by atoms with E-state index in [1.807, 2.05) is 19.9 Å². The molecule has 0 saturated heterocycles. The van der Waals surface area contributed by atoms with E-state index >= 15 is 0 Å². The molecule has 0 radical (unpaired) electrons. The molecule has 0 fully saturated rings. The number of carbonyl (C=O) groups excluding carboxylic acids is 2. The van der Waals surface area contributed by atoms with Crippen molar-refractivity contribution in [1.29, 1.82) is 0 Å². The van der Waals surface area contributed by atoms with Crippen LogP contribution in [0.3, 0.4) is 0 Å². The highest BCUT2D eigenvalue weighted by atomic mass is 79.9. The number of nitrogens with two attached hydrogens (primary N) is 1. The fourth-order valence-corrected chi connectivity index (χ4v) is 4.88. The minimum absolute atomic E-state index is 0.0561. The molecule has 3 rings (SSSR count). The zero-order valence-electron chi connectivity index (χ0n) is 17.3. The lowest BCUT2D eigenvalue weighted by molar-refractivity contribution is 0.0964. The summed E-state index contributed by atoms with van der Waals surface area (Å²) in [5.74, 6) is -0.468. The largest absolute Gasteiger partial charge is 0.355 e. The Hall–Kier alpha value is -2.05. The van der Waals surface area contributed by atoms with Crippen molar-refractivity contribution < 1.29 is 9.59 Å². The highest BCUT2D eigenvalue weighted by Crippen LogP contribution is 2.37. The predicted octanol–water partition coefficient (Wildman–Crippen LogP) is 4.92. The molecule has 0 saturated carbocycles. The van der Waals surface area contributed by atoms with Gasteiger partial charge >= 0.3 is 0 Å². The highest BCUT2D eigenvalue weighted by molar-refractivity contribution is 9.10. The summed E-state index contributed by atoms with van der Waals surface area (Å²) in [7, 11) is 4.18. The number of halogens is 2. The number of benzene rings is 1. The molecule has 0 bridgehead atoms. The van der Waals surface area contributed by atoms with Crippen molar-refractivity contribution in [3.05, 3.63) is 68.5 Å². The molecule has 4 N–H and O–H groups in total. The number of hydrogen-bond acceptors (Lipinski definition) is 7. The first-order chi connectivity index (χ1) is 15.3. The minimum atomic E-state index is -0.467. The zero-order valence-corrected chi connectivity index (χ0v) is 21.3. The second-order valence-electron chi connectivity index (χ2n) is 6.70. The van der Waals surface area contributed by atoms with E-state index in [9.17, 15) is 9.59 Å². The second-order valence-corrected chi connectivity index (χ2v) is 10.2. The van der Waals surface area contributed by atoms with E-state index in [2.05, 4.69) is 36.6 Å². The maximum Gasteiger partial charge on any atom is 0.274 e. The van der Waals surface area contributed by atoms with Crippen LogP contribution in [0.5, 0.6) is 0 Å². The second kappa shape index (κ2) is 10.7. The summed E-state index contributed by atoms with van der Waals surface area (Å²) < 4.78 is 1.79. The molecule has 2 heterocycles. The summed E-state index contributed by atoms with van der Waals surface area (Å²) in [5, 5.41) is 15.8. The number of hydrogen-bond donors (Lipinski definition) is 3. The standard InChI is InChI=1S/C20H20BrClN6O2S2/c1-10-7-12(11(2)31-32-23)8-13(19(29)24-3)17(10)26-20(30)15-9-16(21)27-28(15)18-14(22)5-4-6-25-18/h4-9,11H,23H2,1-3H3,(H,24,29)(H,26,30). The lowest BCUT2D eigenvalue weighted by atomic mass is 10.0. The molecule has 1 unspecified atom stereocenters. The zero-order chi connectivity index (χ0) is 23.4. The maximum absolute atomic E-state index is 13.3. The van der Waals surface area contributed by atoms with Crippen molar-refractivity contribution in [3.63, 3.8) is 0 Å². The van der Waals surface area contributed by atoms with Gasteiger partial charge in [-0.05, 0) is 70.1 Å². The Labute approximate surface area is 206 Å². The molecule has 32 heavy (non-hydrogen) atoms. The normalized spacial score (nSPS) is 11.8. The summed E-state index contributed by atoms with van der Waals surface area (Å²) >= 11 is 9.55. The van der Waals surface area contributed by atoms with Crippen LogP contribution in [0.15, 0.2) is 41.1 Å². The Morgan fingerprint density at radius 3 is 2.69 bits per heavy atom. The van der Waals surface area contributed by atoms with Crippen molar-refractivity contribution in [1.82, 2.24) is 20.1 Å². The average Bonchev–Trinajstić information content (AvgIpc) is 3.16. The van der Waals surface area contributed by atoms with Gasteiger partial charge in [-0.3, -0.25) is 14.7 Å². The molecular formula is C20H20BrClN6O2S2. The first-order valence-electron chi connectivity index (χ1n) is 9.33. The number of carbonyl (C=O) groups is 2. The molecule has 2 amide bonds. The number of aryl methyl sites for hydroxylation is 1. The molecule has 2 aromatic heterocycles. The van der Waals surface area contributed by atoms with Crippen molar-refractivity contribution in [2.45, 2.75) is 19.1 Å². The number of nitrogens with zero attached hydrogens (tertiary/aromatic N) is 3. The van der Waals surface area contributed by atoms with Crippen molar-refractivity contribution in [2.24, 2.45) is 5.14 Å². The lowest BCUT2D eigenvalue weighted by Gasteiger charge is -2.18. The van der Waals surface area contributed by atoms with Gasteiger partial charge in [0.15, 0.2) is 5.82 Å². The quantitative estimate of drug-likeness (QED) is 0.280. The molecule has 1 aromatic carbocycles. The van der Waals surface area contributed by atoms with E-state index in [0.29, 0.717) is 26.7 Å². The van der Waals surface area contributed by atoms with Gasteiger partial charge in [-0.25, -0.2) is 9.67 Å². The van der Waals surface area contributed by atoms with Crippen LogP contribution in [0, 0.1) is 6.92 Å². The molecule has 0 aliphatic heterocycles. The van der Waals surface area contributed by atoms with Gasteiger partial charge in [0.1, 0.15) is 10.3 Å². The lowest BCUT2D eigenvalue weighted by Crippen LogP contribution is -2.24. The first-order valence-corrected chi connectivity index (χ1v) is 12.8. The van der Waals surface area contributed by atoms with Crippen LogP contribution >= 0.6 is 49.3 Å². The number of rotatable bonds is 7. The van der Waals surface area contributed by atoms with Crippen LogP contribution in [0.2, 0.25) is 5.02 Å². The fourth-order valence-electron chi connectivity index (χ4n) is 3.05. The Bertz CT molecular complexity index is 1170. The van der Waals surface area contributed by atoms with E-state index in [1.165, 1.54) is 15.5 Å². The van der Waals surface area contributed by atoms with Crippen LogP contribution in [0.1, 0.15) is 44.1 Å². The van der Waals surface area contributed by atoms with Gasteiger partial charge in [-0.15, -0.1) is 0 Å². The van der Waals surface area contributed by atoms with Gasteiger partial charge in [0.05, 0.1) is 16.3 Å². The monoisotopic (exact) mass is 554 g/mol. The van der Waals surface area contributed by atoms with Gasteiger partial charge in [0.2, 0.25) is 0 Å². The van der Waals surface area contributed by atoms with E-state index < -0.39 is 5.91 Å². The van der Waals surface area contributed by atoms with Gasteiger partial charge < -0.3 is 10.6 Å². The van der Waals surface area contributed by atoms with Gasteiger partial charge in [-0.2, -0.15) is 5.10 Å². The minimum Gasteiger partial charge on any atom is -0.355 e. The van der Waals surface area contributed by atoms with Crippen molar-refractivity contribution in [3.8, 4) is 5.82 Å². The van der Waals surface area contributed by atoms with Crippen LogP contribution in [0.25, 0.3) is 5.82 Å². The molecule has 0 aliphatic carbocycles. The van der Waals surface area contributed by atoms with Gasteiger partial charge in [0.25, 0.3) is 11.8 Å². The number of pyridine rings is 1. The van der Waals surface area contributed by atoms with E-state index in [-0.39, 0.29) is 16.9 Å². The molecule has 1 atom stereocenters. The van der Waals surface area contributed by atoms with Crippen molar-refractivity contribution >= 4 is 66.8 Å². The number of amides is 2. The number of aromatic nitrogens is 3. The molecule has 0 spiro atoms. The third-order valence-corrected chi connectivity index (χ3v) is 7.14. The van der Waals surface area contributed by atoms with E-state index in [4.69, 9.17) is 16.7 Å². The summed E-state index contributed by atoms with van der Waals surface area (Å²) in [6, 6.07) is 8.59. The molecule has 12 heteroatoms. The predicted molar refractivity (Wildman–Crippen MR) is 134 cm³/mol.